The number of rotatable bonds is 4. The Bertz CT molecular complexity index is 795. The standard InChI is InChI=1S/C19H24N2O2S/c1-16-8-9-17(2)18(14-16)15-20-10-12-21(13-11-20)24(22,23)19-6-4-3-5-7-19/h3-9,14H,10-13,15H2,1-2H3. The van der Waals surface area contributed by atoms with Crippen molar-refractivity contribution in [2.45, 2.75) is 25.3 Å². The molecule has 128 valence electrons. The molecule has 24 heavy (non-hydrogen) atoms. The van der Waals surface area contributed by atoms with Crippen molar-refractivity contribution in [2.75, 3.05) is 26.2 Å². The SMILES string of the molecule is Cc1ccc(C)c(CN2CCN(S(=O)(=O)c3ccccc3)CC2)c1. The second kappa shape index (κ2) is 7.05. The van der Waals surface area contributed by atoms with Gasteiger partial charge in [0.05, 0.1) is 4.90 Å². The van der Waals surface area contributed by atoms with Crippen molar-refractivity contribution in [3.63, 3.8) is 0 Å². The van der Waals surface area contributed by atoms with Crippen molar-refractivity contribution in [1.29, 1.82) is 0 Å². The lowest BCUT2D eigenvalue weighted by Gasteiger charge is -2.34. The first-order valence-corrected chi connectivity index (χ1v) is 9.74. The fourth-order valence-corrected chi connectivity index (χ4v) is 4.52. The van der Waals surface area contributed by atoms with Crippen molar-refractivity contribution in [3.05, 3.63) is 65.2 Å². The van der Waals surface area contributed by atoms with Gasteiger partial charge in [0.15, 0.2) is 0 Å². The van der Waals surface area contributed by atoms with Crippen molar-refractivity contribution in [1.82, 2.24) is 9.21 Å². The summed E-state index contributed by atoms with van der Waals surface area (Å²) in [6.07, 6.45) is 0. The van der Waals surface area contributed by atoms with Gasteiger partial charge in [0.25, 0.3) is 0 Å². The summed E-state index contributed by atoms with van der Waals surface area (Å²) in [5, 5.41) is 0. The molecule has 1 aliphatic rings. The molecule has 0 radical (unpaired) electrons. The number of sulfonamides is 1. The molecule has 1 saturated heterocycles. The Morgan fingerprint density at radius 2 is 1.58 bits per heavy atom. The van der Waals surface area contributed by atoms with Gasteiger partial charge >= 0.3 is 0 Å². The largest absolute Gasteiger partial charge is 0.296 e. The summed E-state index contributed by atoms with van der Waals surface area (Å²) in [7, 11) is -3.37. The molecular formula is C19H24N2O2S. The summed E-state index contributed by atoms with van der Waals surface area (Å²) < 4.78 is 26.9. The van der Waals surface area contributed by atoms with Crippen LogP contribution in [0.5, 0.6) is 0 Å². The predicted octanol–water partition coefficient (Wildman–Crippen LogP) is 2.81. The molecule has 5 heteroatoms. The van der Waals surface area contributed by atoms with E-state index < -0.39 is 10.0 Å². The van der Waals surface area contributed by atoms with Crippen molar-refractivity contribution >= 4 is 10.0 Å². The quantitative estimate of drug-likeness (QED) is 0.856. The van der Waals surface area contributed by atoms with Crippen LogP contribution in [0.4, 0.5) is 0 Å². The number of nitrogens with zero attached hydrogens (tertiary/aromatic N) is 2. The lowest BCUT2D eigenvalue weighted by molar-refractivity contribution is 0.181. The second-order valence-corrected chi connectivity index (χ2v) is 8.36. The van der Waals surface area contributed by atoms with Crippen molar-refractivity contribution in [2.24, 2.45) is 0 Å². The Kier molecular flexibility index (Phi) is 5.04. The summed E-state index contributed by atoms with van der Waals surface area (Å²) in [5.74, 6) is 0. The smallest absolute Gasteiger partial charge is 0.243 e. The van der Waals surface area contributed by atoms with E-state index in [0.717, 1.165) is 19.6 Å². The molecule has 2 aromatic rings. The maximum absolute atomic E-state index is 12.7. The first kappa shape index (κ1) is 17.1. The van der Waals surface area contributed by atoms with Crippen LogP contribution in [0.15, 0.2) is 53.4 Å². The molecule has 0 spiro atoms. The molecule has 3 rings (SSSR count). The number of piperazine rings is 1. The van der Waals surface area contributed by atoms with E-state index in [0.29, 0.717) is 18.0 Å². The van der Waals surface area contributed by atoms with E-state index in [4.69, 9.17) is 0 Å². The molecule has 1 fully saturated rings. The van der Waals surface area contributed by atoms with E-state index in [2.05, 4.69) is 36.9 Å². The Hall–Kier alpha value is -1.69. The molecule has 2 aromatic carbocycles. The Balaban J connectivity index is 1.65. The number of benzene rings is 2. The minimum absolute atomic E-state index is 0.382. The van der Waals surface area contributed by atoms with Crippen LogP contribution in [0.25, 0.3) is 0 Å². The molecule has 0 bridgehead atoms. The van der Waals surface area contributed by atoms with Crippen LogP contribution in [0, 0.1) is 13.8 Å². The normalized spacial score (nSPS) is 17.1. The summed E-state index contributed by atoms with van der Waals surface area (Å²) in [5.41, 5.74) is 3.88. The van der Waals surface area contributed by atoms with E-state index in [9.17, 15) is 8.42 Å². The third-order valence-electron chi connectivity index (χ3n) is 4.61. The van der Waals surface area contributed by atoms with Crippen LogP contribution in [0.1, 0.15) is 16.7 Å². The van der Waals surface area contributed by atoms with Gasteiger partial charge in [0.2, 0.25) is 10.0 Å². The van der Waals surface area contributed by atoms with Gasteiger partial charge in [0, 0.05) is 32.7 Å². The summed E-state index contributed by atoms with van der Waals surface area (Å²) in [6, 6.07) is 15.2. The van der Waals surface area contributed by atoms with E-state index >= 15 is 0 Å². The zero-order chi connectivity index (χ0) is 17.2. The monoisotopic (exact) mass is 344 g/mol. The van der Waals surface area contributed by atoms with Gasteiger partial charge in [-0.05, 0) is 37.1 Å². The van der Waals surface area contributed by atoms with Crippen molar-refractivity contribution in [3.8, 4) is 0 Å². The molecule has 0 aliphatic carbocycles. The lowest BCUT2D eigenvalue weighted by atomic mass is 10.1. The highest BCUT2D eigenvalue weighted by atomic mass is 32.2. The van der Waals surface area contributed by atoms with E-state index in [1.54, 1.807) is 28.6 Å². The predicted molar refractivity (Wildman–Crippen MR) is 96.4 cm³/mol. The number of hydrogen-bond donors (Lipinski definition) is 0. The zero-order valence-electron chi connectivity index (χ0n) is 14.3. The molecular weight excluding hydrogens is 320 g/mol. The average molecular weight is 344 g/mol. The average Bonchev–Trinajstić information content (AvgIpc) is 2.59. The fourth-order valence-electron chi connectivity index (χ4n) is 3.08. The molecule has 0 atom stereocenters. The third kappa shape index (κ3) is 3.69. The summed E-state index contributed by atoms with van der Waals surface area (Å²) >= 11 is 0. The molecule has 0 saturated carbocycles. The molecule has 1 aliphatic heterocycles. The number of hydrogen-bond acceptors (Lipinski definition) is 3. The van der Waals surface area contributed by atoms with Crippen LogP contribution in [0.3, 0.4) is 0 Å². The topological polar surface area (TPSA) is 40.6 Å². The van der Waals surface area contributed by atoms with Crippen LogP contribution in [-0.4, -0.2) is 43.8 Å². The van der Waals surface area contributed by atoms with E-state index in [-0.39, 0.29) is 0 Å². The lowest BCUT2D eigenvalue weighted by Crippen LogP contribution is -2.48. The molecule has 0 unspecified atom stereocenters. The maximum Gasteiger partial charge on any atom is 0.243 e. The van der Waals surface area contributed by atoms with E-state index in [1.165, 1.54) is 16.7 Å². The fraction of sp³-hybridized carbons (Fsp3) is 0.368. The third-order valence-corrected chi connectivity index (χ3v) is 6.52. The maximum atomic E-state index is 12.7. The van der Waals surface area contributed by atoms with Crippen LogP contribution in [-0.2, 0) is 16.6 Å². The first-order chi connectivity index (χ1) is 11.5. The van der Waals surface area contributed by atoms with Gasteiger partial charge < -0.3 is 0 Å². The van der Waals surface area contributed by atoms with Gasteiger partial charge in [-0.3, -0.25) is 4.90 Å². The summed E-state index contributed by atoms with van der Waals surface area (Å²) in [4.78, 5) is 2.71. The second-order valence-electron chi connectivity index (χ2n) is 6.42. The summed E-state index contributed by atoms with van der Waals surface area (Å²) in [6.45, 7) is 7.73. The first-order valence-electron chi connectivity index (χ1n) is 8.30. The highest BCUT2D eigenvalue weighted by molar-refractivity contribution is 7.89. The van der Waals surface area contributed by atoms with Crippen LogP contribution >= 0.6 is 0 Å². The van der Waals surface area contributed by atoms with Gasteiger partial charge in [-0.2, -0.15) is 4.31 Å². The number of aryl methyl sites for hydroxylation is 2. The molecule has 0 aromatic heterocycles. The minimum atomic E-state index is -3.37. The zero-order valence-corrected chi connectivity index (χ0v) is 15.1. The Labute approximate surface area is 144 Å². The molecule has 1 heterocycles. The molecule has 0 amide bonds. The highest BCUT2D eigenvalue weighted by Gasteiger charge is 2.28. The van der Waals surface area contributed by atoms with Crippen LogP contribution in [0.2, 0.25) is 0 Å². The van der Waals surface area contributed by atoms with E-state index in [1.807, 2.05) is 6.07 Å². The Morgan fingerprint density at radius 1 is 0.917 bits per heavy atom. The van der Waals surface area contributed by atoms with Gasteiger partial charge in [-0.25, -0.2) is 8.42 Å². The Morgan fingerprint density at radius 3 is 2.25 bits per heavy atom. The van der Waals surface area contributed by atoms with Crippen molar-refractivity contribution < 1.29 is 8.42 Å². The highest BCUT2D eigenvalue weighted by Crippen LogP contribution is 2.19. The molecule has 4 nitrogen and oxygen atoms in total. The van der Waals surface area contributed by atoms with Gasteiger partial charge in [0.1, 0.15) is 0 Å². The van der Waals surface area contributed by atoms with Gasteiger partial charge in [-0.1, -0.05) is 42.0 Å². The molecule has 0 N–H and O–H groups in total. The van der Waals surface area contributed by atoms with Crippen LogP contribution < -0.4 is 0 Å². The minimum Gasteiger partial charge on any atom is -0.296 e. The van der Waals surface area contributed by atoms with Gasteiger partial charge in [-0.15, -0.1) is 0 Å².